The molecule has 0 aliphatic heterocycles. The van der Waals surface area contributed by atoms with Crippen LogP contribution in [0.3, 0.4) is 0 Å². The van der Waals surface area contributed by atoms with Gasteiger partial charge in [0.1, 0.15) is 0 Å². The Hall–Kier alpha value is -1.58. The molecule has 4 heteroatoms. The largest absolute Gasteiger partial charge is 0.393 e. The Morgan fingerprint density at radius 1 is 1.06 bits per heavy atom. The van der Waals surface area contributed by atoms with Crippen LogP contribution in [0.2, 0.25) is 0 Å². The van der Waals surface area contributed by atoms with E-state index in [0.717, 1.165) is 36.9 Å². The maximum atomic E-state index is 10.2. The van der Waals surface area contributed by atoms with E-state index < -0.39 is 0 Å². The molecule has 5 rings (SSSR count). The van der Waals surface area contributed by atoms with Gasteiger partial charge in [-0.1, -0.05) is 50.1 Å². The molecule has 2 fully saturated rings. The van der Waals surface area contributed by atoms with Crippen molar-refractivity contribution in [2.24, 2.45) is 23.7 Å². The summed E-state index contributed by atoms with van der Waals surface area (Å²) in [7, 11) is 0. The molecule has 2 aromatic carbocycles. The average Bonchev–Trinajstić information content (AvgIpc) is 3.10. The Kier molecular flexibility index (Phi) is 9.24. The van der Waals surface area contributed by atoms with Gasteiger partial charge in [-0.05, 0) is 66.8 Å². The van der Waals surface area contributed by atoms with Crippen molar-refractivity contribution in [3.63, 3.8) is 0 Å². The van der Waals surface area contributed by atoms with Crippen molar-refractivity contribution in [1.82, 2.24) is 4.98 Å². The summed E-state index contributed by atoms with van der Waals surface area (Å²) >= 11 is 0. The van der Waals surface area contributed by atoms with Crippen LogP contribution in [-0.4, -0.2) is 27.4 Å². The monoisotopic (exact) mass is 623 g/mol. The molecule has 5 atom stereocenters. The SMILES string of the molecule is CC(C)CC1CC2CCCC(O)C2C1O.Cc1ccc2cnc(-c3[c-]cccc3)cc2c1.[Ir]. The fourth-order valence-corrected chi connectivity index (χ4v) is 5.71. The molecular formula is C29H36IrNO2-. The number of rotatable bonds is 3. The van der Waals surface area contributed by atoms with Crippen LogP contribution < -0.4 is 0 Å². The molecule has 179 valence electrons. The summed E-state index contributed by atoms with van der Waals surface area (Å²) in [5.41, 5.74) is 3.28. The van der Waals surface area contributed by atoms with Gasteiger partial charge in [-0.15, -0.1) is 35.9 Å². The van der Waals surface area contributed by atoms with Gasteiger partial charge in [0.05, 0.1) is 12.2 Å². The van der Waals surface area contributed by atoms with Gasteiger partial charge >= 0.3 is 0 Å². The third-order valence-corrected chi connectivity index (χ3v) is 7.18. The quantitative estimate of drug-likeness (QED) is 0.342. The molecule has 1 radical (unpaired) electrons. The van der Waals surface area contributed by atoms with Gasteiger partial charge in [0.25, 0.3) is 0 Å². The summed E-state index contributed by atoms with van der Waals surface area (Å²) in [6.07, 6.45) is 6.94. The molecule has 2 aliphatic rings. The van der Waals surface area contributed by atoms with Crippen LogP contribution in [0.1, 0.15) is 51.5 Å². The molecule has 2 saturated carbocycles. The van der Waals surface area contributed by atoms with Crippen LogP contribution >= 0.6 is 0 Å². The molecule has 1 aromatic heterocycles. The first-order valence-electron chi connectivity index (χ1n) is 12.1. The summed E-state index contributed by atoms with van der Waals surface area (Å²) in [4.78, 5) is 4.48. The second-order valence-electron chi connectivity index (χ2n) is 10.1. The normalized spacial score (nSPS) is 26.3. The molecule has 33 heavy (non-hydrogen) atoms. The smallest absolute Gasteiger partial charge is 0.0624 e. The van der Waals surface area contributed by atoms with Crippen molar-refractivity contribution < 1.29 is 30.3 Å². The topological polar surface area (TPSA) is 53.4 Å². The van der Waals surface area contributed by atoms with E-state index in [-0.39, 0.29) is 38.2 Å². The number of aliphatic hydroxyl groups is 2. The summed E-state index contributed by atoms with van der Waals surface area (Å²) < 4.78 is 0. The van der Waals surface area contributed by atoms with E-state index in [0.29, 0.717) is 17.8 Å². The third-order valence-electron chi connectivity index (χ3n) is 7.18. The summed E-state index contributed by atoms with van der Waals surface area (Å²) in [5.74, 6) is 1.87. The van der Waals surface area contributed by atoms with Crippen molar-refractivity contribution in [3.8, 4) is 11.3 Å². The number of fused-ring (bicyclic) bond motifs is 2. The Morgan fingerprint density at radius 2 is 1.88 bits per heavy atom. The van der Waals surface area contributed by atoms with Crippen LogP contribution in [0.25, 0.3) is 22.0 Å². The molecule has 3 aromatic rings. The average molecular weight is 623 g/mol. The number of benzene rings is 2. The van der Waals surface area contributed by atoms with Crippen molar-refractivity contribution in [1.29, 1.82) is 0 Å². The second kappa shape index (κ2) is 11.7. The Bertz CT molecular complexity index is 1020. The molecule has 0 saturated heterocycles. The van der Waals surface area contributed by atoms with Gasteiger partial charge < -0.3 is 15.2 Å². The Morgan fingerprint density at radius 3 is 2.58 bits per heavy atom. The van der Waals surface area contributed by atoms with E-state index in [9.17, 15) is 10.2 Å². The van der Waals surface area contributed by atoms with E-state index >= 15 is 0 Å². The fourth-order valence-electron chi connectivity index (χ4n) is 5.71. The van der Waals surface area contributed by atoms with Gasteiger partial charge in [-0.2, -0.15) is 0 Å². The van der Waals surface area contributed by atoms with E-state index in [2.05, 4.69) is 56.1 Å². The second-order valence-corrected chi connectivity index (χ2v) is 10.1. The van der Waals surface area contributed by atoms with Crippen molar-refractivity contribution >= 4 is 10.8 Å². The first kappa shape index (κ1) is 26.0. The van der Waals surface area contributed by atoms with Gasteiger partial charge in [0.2, 0.25) is 0 Å². The Balaban J connectivity index is 0.000000182. The maximum absolute atomic E-state index is 10.2. The third kappa shape index (κ3) is 6.31. The number of aryl methyl sites for hydroxylation is 1. The van der Waals surface area contributed by atoms with E-state index in [1.807, 2.05) is 30.5 Å². The predicted molar refractivity (Wildman–Crippen MR) is 131 cm³/mol. The molecular weight excluding hydrogens is 587 g/mol. The first-order chi connectivity index (χ1) is 15.4. The zero-order valence-corrected chi connectivity index (χ0v) is 22.3. The van der Waals surface area contributed by atoms with E-state index in [1.165, 1.54) is 22.8 Å². The number of hydrogen-bond acceptors (Lipinski definition) is 3. The first-order valence-corrected chi connectivity index (χ1v) is 12.1. The van der Waals surface area contributed by atoms with Crippen LogP contribution in [0.5, 0.6) is 0 Å². The molecule has 1 heterocycles. The van der Waals surface area contributed by atoms with Crippen LogP contribution in [0.15, 0.2) is 54.7 Å². The zero-order chi connectivity index (χ0) is 22.7. The predicted octanol–water partition coefficient (Wildman–Crippen LogP) is 6.20. The summed E-state index contributed by atoms with van der Waals surface area (Å²) in [6, 6.07) is 19.6. The summed E-state index contributed by atoms with van der Waals surface area (Å²) in [6.45, 7) is 6.53. The minimum Gasteiger partial charge on any atom is -0.393 e. The molecule has 5 unspecified atom stereocenters. The zero-order valence-electron chi connectivity index (χ0n) is 19.9. The van der Waals surface area contributed by atoms with Gasteiger partial charge in [0.15, 0.2) is 0 Å². The minimum atomic E-state index is -0.243. The molecule has 2 N–H and O–H groups in total. The molecule has 0 amide bonds. The van der Waals surface area contributed by atoms with Crippen molar-refractivity contribution in [2.75, 3.05) is 0 Å². The molecule has 0 bridgehead atoms. The standard InChI is InChI=1S/C16H12N.C13H24O2.Ir/c1-12-7-8-14-11-17-16(10-15(14)9-12)13-5-3-2-4-6-13;1-8(2)6-10-7-9-4-3-5-11(14)12(9)13(10)15;/h2-5,7-11H,1H3;8-15H,3-7H2,1-2H3;/q-1;;. The number of hydrogen-bond donors (Lipinski definition) is 2. The molecule has 0 spiro atoms. The van der Waals surface area contributed by atoms with Crippen molar-refractivity contribution in [2.45, 2.75) is 65.1 Å². The number of nitrogens with zero attached hydrogens (tertiary/aromatic N) is 1. The van der Waals surface area contributed by atoms with E-state index in [4.69, 9.17) is 0 Å². The number of pyridine rings is 1. The Labute approximate surface area is 212 Å². The van der Waals surface area contributed by atoms with E-state index in [1.54, 1.807) is 0 Å². The number of aliphatic hydroxyl groups excluding tert-OH is 2. The van der Waals surface area contributed by atoms with Crippen LogP contribution in [-0.2, 0) is 20.1 Å². The molecule has 2 aliphatic carbocycles. The van der Waals surface area contributed by atoms with Gasteiger partial charge in [0, 0.05) is 32.2 Å². The minimum absolute atomic E-state index is 0. The molecule has 3 nitrogen and oxygen atoms in total. The van der Waals surface area contributed by atoms with Crippen LogP contribution in [0.4, 0.5) is 0 Å². The fraction of sp³-hybridized carbons (Fsp3) is 0.483. The van der Waals surface area contributed by atoms with Gasteiger partial charge in [-0.25, -0.2) is 0 Å². The van der Waals surface area contributed by atoms with Crippen molar-refractivity contribution in [3.05, 3.63) is 66.4 Å². The van der Waals surface area contributed by atoms with Gasteiger partial charge in [-0.3, -0.25) is 0 Å². The summed E-state index contributed by atoms with van der Waals surface area (Å²) in [5, 5.41) is 22.6. The maximum Gasteiger partial charge on any atom is 0.0624 e. The number of aromatic nitrogens is 1. The van der Waals surface area contributed by atoms with Crippen LogP contribution in [0, 0.1) is 36.7 Å².